The molecule has 0 saturated heterocycles. The Kier molecular flexibility index (Phi) is 6.23. The van der Waals surface area contributed by atoms with Crippen molar-refractivity contribution in [1.29, 1.82) is 0 Å². The van der Waals surface area contributed by atoms with Crippen LogP contribution in [0.1, 0.15) is 86.8 Å². The van der Waals surface area contributed by atoms with Crippen LogP contribution in [0.4, 0.5) is 0 Å². The van der Waals surface area contributed by atoms with E-state index in [1.165, 1.54) is 0 Å². The molecule has 0 aromatic heterocycles. The van der Waals surface area contributed by atoms with Gasteiger partial charge < -0.3 is 20.4 Å². The van der Waals surface area contributed by atoms with Gasteiger partial charge in [-0.25, -0.2) is 0 Å². The van der Waals surface area contributed by atoms with Crippen molar-refractivity contribution in [2.45, 2.75) is 72.0 Å². The van der Waals surface area contributed by atoms with Gasteiger partial charge >= 0.3 is 0 Å². The lowest BCUT2D eigenvalue weighted by molar-refractivity contribution is 0.274. The van der Waals surface area contributed by atoms with E-state index >= 15 is 0 Å². The second kappa shape index (κ2) is 7.91. The highest BCUT2D eigenvalue weighted by Gasteiger charge is 2.28. The van der Waals surface area contributed by atoms with Crippen LogP contribution in [0.3, 0.4) is 0 Å². The first kappa shape index (κ1) is 21.3. The van der Waals surface area contributed by atoms with Gasteiger partial charge in [-0.2, -0.15) is 0 Å². The number of hydrogen-bond acceptors (Lipinski definition) is 4. The lowest BCUT2D eigenvalue weighted by atomic mass is 9.74. The molecule has 0 fully saturated rings. The van der Waals surface area contributed by atoms with Crippen molar-refractivity contribution < 1.29 is 20.4 Å². The van der Waals surface area contributed by atoms with E-state index in [2.05, 4.69) is 13.8 Å². The molecule has 148 valence electrons. The summed E-state index contributed by atoms with van der Waals surface area (Å²) in [4.78, 5) is 0. The maximum atomic E-state index is 10.4. The predicted molar refractivity (Wildman–Crippen MR) is 108 cm³/mol. The number of hydrogen-bond donors (Lipinski definition) is 4. The second-order valence-electron chi connectivity index (χ2n) is 8.40. The molecular formula is C23H32O4. The van der Waals surface area contributed by atoms with E-state index in [1.807, 2.05) is 52.0 Å². The fourth-order valence-corrected chi connectivity index (χ4v) is 3.45. The van der Waals surface area contributed by atoms with E-state index < -0.39 is 5.41 Å². The average molecular weight is 373 g/mol. The smallest absolute Gasteiger partial charge is 0.124 e. The zero-order valence-electron chi connectivity index (χ0n) is 17.2. The minimum absolute atomic E-state index is 0.116. The molecule has 0 aliphatic carbocycles. The third-order valence-electron chi connectivity index (χ3n) is 5.46. The largest absolute Gasteiger partial charge is 0.507 e. The van der Waals surface area contributed by atoms with Crippen LogP contribution in [0.15, 0.2) is 24.3 Å². The quantitative estimate of drug-likeness (QED) is 0.595. The molecule has 2 aromatic carbocycles. The minimum atomic E-state index is -0.442. The third-order valence-corrected chi connectivity index (χ3v) is 5.46. The summed E-state index contributed by atoms with van der Waals surface area (Å²) in [6.07, 6.45) is 0. The van der Waals surface area contributed by atoms with Gasteiger partial charge in [0, 0.05) is 16.5 Å². The minimum Gasteiger partial charge on any atom is -0.507 e. The lowest BCUT2D eigenvalue weighted by Gasteiger charge is -2.30. The summed E-state index contributed by atoms with van der Waals surface area (Å²) in [7, 11) is 0. The van der Waals surface area contributed by atoms with Crippen molar-refractivity contribution >= 4 is 0 Å². The highest BCUT2D eigenvalue weighted by atomic mass is 16.3. The molecule has 2 aromatic rings. The first-order chi connectivity index (χ1) is 12.5. The van der Waals surface area contributed by atoms with Gasteiger partial charge in [0.05, 0.1) is 13.2 Å². The molecule has 4 N–H and O–H groups in total. The fourth-order valence-electron chi connectivity index (χ4n) is 3.45. The topological polar surface area (TPSA) is 80.9 Å². The normalized spacial score (nSPS) is 12.2. The van der Waals surface area contributed by atoms with Gasteiger partial charge in [-0.3, -0.25) is 0 Å². The van der Waals surface area contributed by atoms with E-state index in [4.69, 9.17) is 0 Å². The Bertz CT molecular complexity index is 752. The summed E-state index contributed by atoms with van der Waals surface area (Å²) in [6.45, 7) is 11.7. The summed E-state index contributed by atoms with van der Waals surface area (Å²) in [6, 6.07) is 7.64. The predicted octanol–water partition coefficient (Wildman–Crippen LogP) is 4.66. The summed E-state index contributed by atoms with van der Waals surface area (Å²) >= 11 is 0. The van der Waals surface area contributed by atoms with Crippen LogP contribution in [0.2, 0.25) is 0 Å². The molecule has 27 heavy (non-hydrogen) atoms. The number of phenols is 2. The Balaban J connectivity index is 2.72. The highest BCUT2D eigenvalue weighted by molar-refractivity contribution is 5.53. The van der Waals surface area contributed by atoms with Crippen molar-refractivity contribution in [2.24, 2.45) is 0 Å². The summed E-state index contributed by atoms with van der Waals surface area (Å²) in [5, 5.41) is 40.2. The number of aliphatic hydroxyl groups excluding tert-OH is 2. The molecule has 0 unspecified atom stereocenters. The van der Waals surface area contributed by atoms with Crippen molar-refractivity contribution in [3.63, 3.8) is 0 Å². The molecule has 0 aliphatic rings. The van der Waals surface area contributed by atoms with E-state index in [1.54, 1.807) is 0 Å². The summed E-state index contributed by atoms with van der Waals surface area (Å²) in [5.74, 6) is 0.531. The number of benzene rings is 2. The number of rotatable bonds is 6. The molecule has 0 atom stereocenters. The molecule has 0 radical (unpaired) electrons. The summed E-state index contributed by atoms with van der Waals surface area (Å²) in [5.41, 5.74) is 4.12. The molecule has 0 aliphatic heterocycles. The van der Waals surface area contributed by atoms with E-state index in [0.717, 1.165) is 22.3 Å². The van der Waals surface area contributed by atoms with Gasteiger partial charge in [-0.1, -0.05) is 53.7 Å². The Morgan fingerprint density at radius 3 is 1.30 bits per heavy atom. The highest BCUT2D eigenvalue weighted by Crippen LogP contribution is 2.41. The van der Waals surface area contributed by atoms with Crippen LogP contribution >= 0.6 is 0 Å². The monoisotopic (exact) mass is 372 g/mol. The zero-order chi connectivity index (χ0) is 20.5. The van der Waals surface area contributed by atoms with Crippen LogP contribution in [-0.2, 0) is 18.6 Å². The Morgan fingerprint density at radius 2 is 1.04 bits per heavy atom. The third kappa shape index (κ3) is 3.97. The summed E-state index contributed by atoms with van der Waals surface area (Å²) < 4.78 is 0. The Morgan fingerprint density at radius 1 is 0.704 bits per heavy atom. The zero-order valence-corrected chi connectivity index (χ0v) is 17.2. The SMILES string of the molecule is CC(C)c1cc(C(C)(C)c2cc(CO)c(O)c(C(C)C)c2)cc(CO)c1O. The Labute approximate surface area is 162 Å². The van der Waals surface area contributed by atoms with Crippen molar-refractivity contribution in [3.05, 3.63) is 57.6 Å². The molecule has 2 rings (SSSR count). The lowest BCUT2D eigenvalue weighted by Crippen LogP contribution is -2.21. The van der Waals surface area contributed by atoms with Gasteiger partial charge in [0.25, 0.3) is 0 Å². The van der Waals surface area contributed by atoms with Gasteiger partial charge in [0.1, 0.15) is 11.5 Å². The van der Waals surface area contributed by atoms with Crippen molar-refractivity contribution in [1.82, 2.24) is 0 Å². The van der Waals surface area contributed by atoms with Crippen molar-refractivity contribution in [3.8, 4) is 11.5 Å². The molecule has 0 spiro atoms. The molecule has 4 heteroatoms. The van der Waals surface area contributed by atoms with Gasteiger partial charge in [-0.15, -0.1) is 0 Å². The molecular weight excluding hydrogens is 340 g/mol. The van der Waals surface area contributed by atoms with Crippen LogP contribution in [0.25, 0.3) is 0 Å². The van der Waals surface area contributed by atoms with Crippen LogP contribution in [0.5, 0.6) is 11.5 Å². The Hall–Kier alpha value is -2.04. The van der Waals surface area contributed by atoms with Crippen LogP contribution in [0, 0.1) is 0 Å². The van der Waals surface area contributed by atoms with E-state index in [-0.39, 0.29) is 36.5 Å². The average Bonchev–Trinajstić information content (AvgIpc) is 2.61. The molecule has 0 heterocycles. The van der Waals surface area contributed by atoms with E-state index in [0.29, 0.717) is 11.1 Å². The maximum absolute atomic E-state index is 10.4. The molecule has 0 amide bonds. The van der Waals surface area contributed by atoms with Gasteiger partial charge in [-0.05, 0) is 46.2 Å². The number of aromatic hydroxyl groups is 2. The van der Waals surface area contributed by atoms with Crippen molar-refractivity contribution in [2.75, 3.05) is 0 Å². The number of aliphatic hydroxyl groups is 2. The van der Waals surface area contributed by atoms with E-state index in [9.17, 15) is 20.4 Å². The van der Waals surface area contributed by atoms with Crippen LogP contribution < -0.4 is 0 Å². The first-order valence-electron chi connectivity index (χ1n) is 9.48. The first-order valence-corrected chi connectivity index (χ1v) is 9.48. The van der Waals surface area contributed by atoms with Crippen LogP contribution in [-0.4, -0.2) is 20.4 Å². The second-order valence-corrected chi connectivity index (χ2v) is 8.40. The molecule has 0 saturated carbocycles. The fraction of sp³-hybridized carbons (Fsp3) is 0.478. The molecule has 4 nitrogen and oxygen atoms in total. The van der Waals surface area contributed by atoms with Gasteiger partial charge in [0.2, 0.25) is 0 Å². The standard InChI is InChI=1S/C23H32O4/c1-13(2)19-9-17(7-15(11-24)21(19)26)23(5,6)18-8-16(12-25)22(27)20(10-18)14(3)4/h7-10,13-14,24-27H,11-12H2,1-6H3. The molecule has 0 bridgehead atoms. The maximum Gasteiger partial charge on any atom is 0.124 e. The van der Waals surface area contributed by atoms with Gasteiger partial charge in [0.15, 0.2) is 0 Å².